The predicted molar refractivity (Wildman–Crippen MR) is 148 cm³/mol. The highest BCUT2D eigenvalue weighted by atomic mass is 35.5. The number of aryl methyl sites for hydroxylation is 1. The molecule has 4 rings (SSSR count). The third-order valence-corrected chi connectivity index (χ3v) is 7.09. The highest BCUT2D eigenvalue weighted by Gasteiger charge is 2.32. The molecule has 2 amide bonds. The first-order chi connectivity index (χ1) is 18.0. The lowest BCUT2D eigenvalue weighted by molar-refractivity contribution is -0.143. The molecule has 1 atom stereocenters. The zero-order chi connectivity index (χ0) is 26.0. The minimum Gasteiger partial charge on any atom is -0.484 e. The van der Waals surface area contributed by atoms with Crippen molar-refractivity contribution in [2.24, 2.45) is 0 Å². The van der Waals surface area contributed by atoms with Crippen LogP contribution in [0.2, 0.25) is 5.02 Å². The van der Waals surface area contributed by atoms with E-state index in [1.807, 2.05) is 73.7 Å². The van der Waals surface area contributed by atoms with Crippen molar-refractivity contribution in [3.63, 3.8) is 0 Å². The smallest absolute Gasteiger partial charge is 0.261 e. The Labute approximate surface area is 224 Å². The second kappa shape index (κ2) is 13.3. The zero-order valence-corrected chi connectivity index (χ0v) is 22.1. The van der Waals surface area contributed by atoms with E-state index in [0.717, 1.165) is 42.4 Å². The van der Waals surface area contributed by atoms with E-state index in [4.69, 9.17) is 16.3 Å². The third kappa shape index (κ3) is 8.09. The highest BCUT2D eigenvalue weighted by Crippen LogP contribution is 2.21. The number of nitrogens with zero attached hydrogens (tertiary/aromatic N) is 1. The number of nitrogens with one attached hydrogen (secondary N) is 1. The molecule has 1 N–H and O–H groups in total. The summed E-state index contributed by atoms with van der Waals surface area (Å²) in [6.07, 6.45) is 5.81. The van der Waals surface area contributed by atoms with Crippen molar-refractivity contribution >= 4 is 23.4 Å². The van der Waals surface area contributed by atoms with Crippen molar-refractivity contribution in [3.05, 3.63) is 101 Å². The van der Waals surface area contributed by atoms with E-state index in [0.29, 0.717) is 17.2 Å². The van der Waals surface area contributed by atoms with Gasteiger partial charge in [0, 0.05) is 24.0 Å². The molecule has 5 nitrogen and oxygen atoms in total. The fourth-order valence-corrected chi connectivity index (χ4v) is 4.94. The number of hydrogen-bond acceptors (Lipinski definition) is 3. The van der Waals surface area contributed by atoms with Crippen LogP contribution in [0.25, 0.3) is 0 Å². The summed E-state index contributed by atoms with van der Waals surface area (Å²) in [6, 6.07) is 24.3. The summed E-state index contributed by atoms with van der Waals surface area (Å²) in [4.78, 5) is 29.1. The number of rotatable bonds is 10. The van der Waals surface area contributed by atoms with Gasteiger partial charge in [0.2, 0.25) is 5.91 Å². The van der Waals surface area contributed by atoms with Crippen molar-refractivity contribution in [1.29, 1.82) is 0 Å². The van der Waals surface area contributed by atoms with Gasteiger partial charge in [-0.05, 0) is 60.7 Å². The van der Waals surface area contributed by atoms with Gasteiger partial charge in [0.05, 0.1) is 0 Å². The Hall–Kier alpha value is -3.31. The summed E-state index contributed by atoms with van der Waals surface area (Å²) in [5.41, 5.74) is 2.95. The van der Waals surface area contributed by atoms with Crippen LogP contribution in [0.4, 0.5) is 0 Å². The van der Waals surface area contributed by atoms with Gasteiger partial charge in [-0.2, -0.15) is 0 Å². The maximum Gasteiger partial charge on any atom is 0.261 e. The van der Waals surface area contributed by atoms with Crippen LogP contribution in [0.3, 0.4) is 0 Å². The summed E-state index contributed by atoms with van der Waals surface area (Å²) >= 11 is 6.11. The Morgan fingerprint density at radius 2 is 1.68 bits per heavy atom. The zero-order valence-electron chi connectivity index (χ0n) is 21.4. The monoisotopic (exact) mass is 518 g/mol. The number of carbonyl (C=O) groups is 2. The lowest BCUT2D eigenvalue weighted by Crippen LogP contribution is -2.53. The summed E-state index contributed by atoms with van der Waals surface area (Å²) in [7, 11) is 0. The average Bonchev–Trinajstić information content (AvgIpc) is 2.91. The molecule has 0 aliphatic heterocycles. The molecule has 0 spiro atoms. The lowest BCUT2D eigenvalue weighted by atomic mass is 9.94. The molecule has 194 valence electrons. The Bertz CT molecular complexity index is 1160. The number of carbonyl (C=O) groups excluding carboxylic acids is 2. The molecule has 1 aliphatic carbocycles. The minimum absolute atomic E-state index is 0.117. The topological polar surface area (TPSA) is 58.6 Å². The first kappa shape index (κ1) is 26.7. The molecule has 6 heteroatoms. The summed E-state index contributed by atoms with van der Waals surface area (Å²) in [6.45, 7) is 2.11. The molecule has 1 saturated carbocycles. The van der Waals surface area contributed by atoms with E-state index in [1.54, 1.807) is 17.0 Å². The molecule has 1 aliphatic rings. The molecular weight excluding hydrogens is 484 g/mol. The van der Waals surface area contributed by atoms with E-state index in [9.17, 15) is 9.59 Å². The SMILES string of the molecule is Cc1cccc(OCC(=O)N(Cc2ccc(Cl)cc2)C(Cc2ccccc2)C(=O)NC2CCCCC2)c1. The van der Waals surface area contributed by atoms with E-state index < -0.39 is 6.04 Å². The van der Waals surface area contributed by atoms with Crippen molar-refractivity contribution in [2.75, 3.05) is 6.61 Å². The fourth-order valence-electron chi connectivity index (χ4n) is 4.82. The Kier molecular flexibility index (Phi) is 9.61. The number of hydrogen-bond donors (Lipinski definition) is 1. The van der Waals surface area contributed by atoms with Crippen molar-refractivity contribution in [2.45, 2.75) is 64.1 Å². The summed E-state index contributed by atoms with van der Waals surface area (Å²) in [5, 5.41) is 3.88. The van der Waals surface area contributed by atoms with Gasteiger partial charge in [0.1, 0.15) is 11.8 Å². The van der Waals surface area contributed by atoms with Gasteiger partial charge in [0.25, 0.3) is 5.91 Å². The number of halogens is 1. The van der Waals surface area contributed by atoms with Gasteiger partial charge in [-0.15, -0.1) is 0 Å². The van der Waals surface area contributed by atoms with Crippen LogP contribution in [-0.2, 0) is 22.6 Å². The molecule has 0 saturated heterocycles. The molecular formula is C31H35ClN2O3. The Morgan fingerprint density at radius 3 is 2.38 bits per heavy atom. The van der Waals surface area contributed by atoms with E-state index in [1.165, 1.54) is 6.42 Å². The van der Waals surface area contributed by atoms with E-state index >= 15 is 0 Å². The standard InChI is InChI=1S/C31H35ClN2O3/c1-23-9-8-14-28(19-23)37-22-30(35)34(21-25-15-17-26(32)18-16-25)29(20-24-10-4-2-5-11-24)31(36)33-27-12-6-3-7-13-27/h2,4-5,8-11,14-19,27,29H,3,6-7,12-13,20-22H2,1H3,(H,33,36). The van der Waals surface area contributed by atoms with Gasteiger partial charge < -0.3 is 15.0 Å². The third-order valence-electron chi connectivity index (χ3n) is 6.84. The molecule has 0 radical (unpaired) electrons. The van der Waals surface area contributed by atoms with Gasteiger partial charge in [-0.3, -0.25) is 9.59 Å². The highest BCUT2D eigenvalue weighted by molar-refractivity contribution is 6.30. The van der Waals surface area contributed by atoms with Crippen LogP contribution in [-0.4, -0.2) is 35.4 Å². The molecule has 37 heavy (non-hydrogen) atoms. The molecule has 1 fully saturated rings. The minimum atomic E-state index is -0.673. The summed E-state index contributed by atoms with van der Waals surface area (Å²) in [5.74, 6) is 0.274. The molecule has 3 aromatic rings. The van der Waals surface area contributed by atoms with Gasteiger partial charge in [-0.25, -0.2) is 0 Å². The van der Waals surface area contributed by atoms with E-state index in [-0.39, 0.29) is 31.0 Å². The molecule has 3 aromatic carbocycles. The average molecular weight is 519 g/mol. The van der Waals surface area contributed by atoms with Crippen molar-refractivity contribution in [1.82, 2.24) is 10.2 Å². The van der Waals surface area contributed by atoms with Gasteiger partial charge in [0.15, 0.2) is 6.61 Å². The predicted octanol–water partition coefficient (Wildman–Crippen LogP) is 6.12. The van der Waals surface area contributed by atoms with Gasteiger partial charge in [-0.1, -0.05) is 85.5 Å². The van der Waals surface area contributed by atoms with Crippen LogP contribution in [0.1, 0.15) is 48.8 Å². The second-order valence-electron chi connectivity index (χ2n) is 9.80. The second-order valence-corrected chi connectivity index (χ2v) is 10.2. The maximum absolute atomic E-state index is 13.8. The largest absolute Gasteiger partial charge is 0.484 e. The molecule has 0 heterocycles. The Morgan fingerprint density at radius 1 is 0.946 bits per heavy atom. The first-order valence-electron chi connectivity index (χ1n) is 13.1. The number of amides is 2. The number of benzene rings is 3. The van der Waals surface area contributed by atoms with Crippen LogP contribution < -0.4 is 10.1 Å². The number of ether oxygens (including phenoxy) is 1. The molecule has 1 unspecified atom stereocenters. The van der Waals surface area contributed by atoms with Crippen LogP contribution in [0.15, 0.2) is 78.9 Å². The van der Waals surface area contributed by atoms with Crippen LogP contribution in [0, 0.1) is 6.92 Å². The van der Waals surface area contributed by atoms with Crippen molar-refractivity contribution < 1.29 is 14.3 Å². The maximum atomic E-state index is 13.8. The summed E-state index contributed by atoms with van der Waals surface area (Å²) < 4.78 is 5.87. The lowest BCUT2D eigenvalue weighted by Gasteiger charge is -2.33. The quantitative estimate of drug-likeness (QED) is 0.352. The van der Waals surface area contributed by atoms with E-state index in [2.05, 4.69) is 5.32 Å². The fraction of sp³-hybridized carbons (Fsp3) is 0.355. The first-order valence-corrected chi connectivity index (χ1v) is 13.4. The molecule has 0 aromatic heterocycles. The van der Waals surface area contributed by atoms with Crippen LogP contribution in [0.5, 0.6) is 5.75 Å². The van der Waals surface area contributed by atoms with Gasteiger partial charge >= 0.3 is 0 Å². The normalized spacial score (nSPS) is 14.5. The molecule has 0 bridgehead atoms. The Balaban J connectivity index is 1.60. The van der Waals surface area contributed by atoms with Crippen LogP contribution >= 0.6 is 11.6 Å². The van der Waals surface area contributed by atoms with Crippen molar-refractivity contribution in [3.8, 4) is 5.75 Å².